The topological polar surface area (TPSA) is 41.7 Å². The van der Waals surface area contributed by atoms with Gasteiger partial charge in [0.1, 0.15) is 18.8 Å². The molecule has 1 aromatic carbocycles. The number of nitrogens with one attached hydrogen (secondary N) is 1. The molecule has 2 heterocycles. The van der Waals surface area contributed by atoms with Crippen molar-refractivity contribution < 1.29 is 21.7 Å². The minimum atomic E-state index is 0. The van der Waals surface area contributed by atoms with E-state index in [2.05, 4.69) is 31.3 Å². The fourth-order valence-electron chi connectivity index (χ4n) is 1.92. The maximum Gasteiger partial charge on any atom is 0.412 e. The van der Waals surface area contributed by atoms with Crippen LogP contribution < -0.4 is 27.0 Å². The van der Waals surface area contributed by atoms with Crippen molar-refractivity contribution in [2.75, 3.05) is 17.2 Å². The molecule has 0 amide bonds. The normalized spacial score (nSPS) is 16.6. The summed E-state index contributed by atoms with van der Waals surface area (Å²) in [6.45, 7) is 0.878. The first-order valence-electron chi connectivity index (χ1n) is 5.52. The van der Waals surface area contributed by atoms with Crippen LogP contribution in [0.2, 0.25) is 0 Å². The van der Waals surface area contributed by atoms with Crippen LogP contribution >= 0.6 is 15.9 Å². The molecule has 4 nitrogen and oxygen atoms in total. The first kappa shape index (κ1) is 13.4. The van der Waals surface area contributed by atoms with Gasteiger partial charge in [-0.15, -0.1) is 9.78 Å². The minimum Gasteiger partial charge on any atom is -1.00 e. The molecule has 0 saturated heterocycles. The Hall–Kier alpha value is -1.01. The van der Waals surface area contributed by atoms with Crippen molar-refractivity contribution in [2.24, 2.45) is 0 Å². The summed E-state index contributed by atoms with van der Waals surface area (Å²) in [5.41, 5.74) is 1.99. The van der Waals surface area contributed by atoms with Crippen molar-refractivity contribution in [1.29, 1.82) is 0 Å². The second-order valence-electron chi connectivity index (χ2n) is 3.96. The van der Waals surface area contributed by atoms with Gasteiger partial charge in [0.25, 0.3) is 0 Å². The molecular formula is C12H12Br2N4. The fourth-order valence-corrected chi connectivity index (χ4v) is 2.42. The van der Waals surface area contributed by atoms with E-state index in [-0.39, 0.29) is 17.0 Å². The van der Waals surface area contributed by atoms with E-state index in [1.54, 1.807) is 0 Å². The average Bonchev–Trinajstić information content (AvgIpc) is 2.81. The molecule has 3 rings (SSSR count). The van der Waals surface area contributed by atoms with Crippen LogP contribution in [0.3, 0.4) is 0 Å². The maximum atomic E-state index is 4.59. The molecule has 2 aromatic rings. The number of benzene rings is 1. The highest BCUT2D eigenvalue weighted by Gasteiger charge is 2.30. The maximum absolute atomic E-state index is 4.59. The van der Waals surface area contributed by atoms with Gasteiger partial charge >= 0.3 is 5.95 Å². The molecule has 0 aliphatic carbocycles. The van der Waals surface area contributed by atoms with Gasteiger partial charge in [-0.05, 0) is 0 Å². The fraction of sp³-hybridized carbons (Fsp3) is 0.250. The summed E-state index contributed by atoms with van der Waals surface area (Å²) in [5.74, 6) is 0.843. The van der Waals surface area contributed by atoms with Crippen molar-refractivity contribution in [1.82, 2.24) is 10.1 Å². The summed E-state index contributed by atoms with van der Waals surface area (Å²) < 4.78 is 1.93. The Bertz CT molecular complexity index is 533. The summed E-state index contributed by atoms with van der Waals surface area (Å²) in [4.78, 5) is 4.59. The van der Waals surface area contributed by atoms with E-state index in [0.717, 1.165) is 29.1 Å². The average molecular weight is 372 g/mol. The molecule has 0 saturated carbocycles. The van der Waals surface area contributed by atoms with Gasteiger partial charge in [-0.2, -0.15) is 0 Å². The number of aromatic nitrogens is 3. The van der Waals surface area contributed by atoms with E-state index in [1.165, 1.54) is 0 Å². The van der Waals surface area contributed by atoms with Crippen molar-refractivity contribution in [2.45, 2.75) is 6.04 Å². The number of hydrogen-bond donors (Lipinski definition) is 1. The van der Waals surface area contributed by atoms with Crippen molar-refractivity contribution in [3.63, 3.8) is 0 Å². The van der Waals surface area contributed by atoms with Gasteiger partial charge < -0.3 is 17.0 Å². The van der Waals surface area contributed by atoms with Crippen molar-refractivity contribution in [3.05, 3.63) is 36.5 Å². The van der Waals surface area contributed by atoms with Crippen LogP contribution in [0, 0.1) is 0 Å². The lowest BCUT2D eigenvalue weighted by molar-refractivity contribution is -0.750. The molecule has 18 heavy (non-hydrogen) atoms. The third-order valence-corrected chi connectivity index (χ3v) is 3.58. The van der Waals surface area contributed by atoms with Crippen LogP contribution in [-0.2, 0) is 0 Å². The number of anilines is 1. The zero-order valence-electron chi connectivity index (χ0n) is 9.55. The number of alkyl halides is 1. The molecule has 0 fully saturated rings. The van der Waals surface area contributed by atoms with Crippen molar-refractivity contribution >= 4 is 21.9 Å². The first-order chi connectivity index (χ1) is 8.38. The molecule has 1 N–H and O–H groups in total. The van der Waals surface area contributed by atoms with Gasteiger partial charge in [-0.1, -0.05) is 51.2 Å². The zero-order chi connectivity index (χ0) is 11.7. The largest absolute Gasteiger partial charge is 1.00 e. The van der Waals surface area contributed by atoms with Crippen LogP contribution in [0.25, 0.3) is 11.3 Å². The highest BCUT2D eigenvalue weighted by Crippen LogP contribution is 2.18. The number of nitrogens with zero attached hydrogens (tertiary/aromatic N) is 3. The predicted octanol–water partition coefficient (Wildman–Crippen LogP) is -1.20. The van der Waals surface area contributed by atoms with E-state index in [9.17, 15) is 0 Å². The Morgan fingerprint density at radius 1 is 1.33 bits per heavy atom. The second kappa shape index (κ2) is 5.75. The van der Waals surface area contributed by atoms with Gasteiger partial charge in [-0.3, -0.25) is 5.32 Å². The monoisotopic (exact) mass is 370 g/mol. The number of halogens is 2. The van der Waals surface area contributed by atoms with Gasteiger partial charge in [0.15, 0.2) is 5.69 Å². The second-order valence-corrected chi connectivity index (χ2v) is 4.61. The van der Waals surface area contributed by atoms with Gasteiger partial charge in [0, 0.05) is 10.9 Å². The molecule has 94 valence electrons. The summed E-state index contributed by atoms with van der Waals surface area (Å²) >= 11 is 3.48. The van der Waals surface area contributed by atoms with Gasteiger partial charge in [-0.25, -0.2) is 0 Å². The third kappa shape index (κ3) is 2.40. The summed E-state index contributed by atoms with van der Waals surface area (Å²) in [7, 11) is 0. The summed E-state index contributed by atoms with van der Waals surface area (Å²) in [6.07, 6.45) is 1.82. The van der Waals surface area contributed by atoms with Crippen LogP contribution in [0.4, 0.5) is 5.95 Å². The number of rotatable bonds is 2. The lowest BCUT2D eigenvalue weighted by Crippen LogP contribution is -3.00. The number of fused-ring (bicyclic) bond motifs is 1. The molecular weight excluding hydrogens is 360 g/mol. The SMILES string of the molecule is BrCC1CNc2nc(-c3ccccc3)cn[n+]21.[Br-]. The lowest BCUT2D eigenvalue weighted by atomic mass is 10.2. The van der Waals surface area contributed by atoms with Crippen molar-refractivity contribution in [3.8, 4) is 11.3 Å². The number of hydrogen-bond acceptors (Lipinski definition) is 3. The highest BCUT2D eigenvalue weighted by atomic mass is 79.9. The Balaban J connectivity index is 0.00000120. The smallest absolute Gasteiger partial charge is 0.412 e. The molecule has 1 aromatic heterocycles. The van der Waals surface area contributed by atoms with Crippen LogP contribution in [0.1, 0.15) is 6.04 Å². The molecule has 0 radical (unpaired) electrons. The van der Waals surface area contributed by atoms with E-state index in [1.807, 2.05) is 41.2 Å². The van der Waals surface area contributed by atoms with Gasteiger partial charge in [0.2, 0.25) is 0 Å². The molecule has 1 atom stereocenters. The van der Waals surface area contributed by atoms with E-state index in [4.69, 9.17) is 0 Å². The molecule has 0 spiro atoms. The Morgan fingerprint density at radius 3 is 2.83 bits per heavy atom. The molecule has 6 heteroatoms. The third-order valence-electron chi connectivity index (χ3n) is 2.84. The standard InChI is InChI=1S/C12H11BrN4.BrH/c13-6-10-7-14-12-16-11(8-15-17(10)12)9-4-2-1-3-5-9;/h1-5,8,10H,6-7H2;1H. The predicted molar refractivity (Wildman–Crippen MR) is 69.0 cm³/mol. The van der Waals surface area contributed by atoms with Gasteiger partial charge in [0.05, 0.1) is 0 Å². The molecule has 1 aliphatic rings. The van der Waals surface area contributed by atoms with E-state index >= 15 is 0 Å². The Labute approximate surface area is 124 Å². The quantitative estimate of drug-likeness (QED) is 0.532. The van der Waals surface area contributed by atoms with Crippen LogP contribution in [0.15, 0.2) is 36.5 Å². The van der Waals surface area contributed by atoms with E-state index < -0.39 is 0 Å². The molecule has 1 unspecified atom stereocenters. The Morgan fingerprint density at radius 2 is 2.11 bits per heavy atom. The first-order valence-corrected chi connectivity index (χ1v) is 6.65. The molecule has 1 aliphatic heterocycles. The highest BCUT2D eigenvalue weighted by molar-refractivity contribution is 9.09. The summed E-state index contributed by atoms with van der Waals surface area (Å²) in [6, 6.07) is 10.4. The zero-order valence-corrected chi connectivity index (χ0v) is 12.7. The Kier molecular flexibility index (Phi) is 4.29. The van der Waals surface area contributed by atoms with Crippen LogP contribution in [0.5, 0.6) is 0 Å². The summed E-state index contributed by atoms with van der Waals surface area (Å²) in [5, 5.41) is 8.61. The minimum absolute atomic E-state index is 0. The lowest BCUT2D eigenvalue weighted by Gasteiger charge is -2.01. The molecule has 0 bridgehead atoms. The van der Waals surface area contributed by atoms with E-state index in [0.29, 0.717) is 6.04 Å². The van der Waals surface area contributed by atoms with Crippen LogP contribution in [-0.4, -0.2) is 22.0 Å².